The Morgan fingerprint density at radius 1 is 0.838 bits per heavy atom. The van der Waals surface area contributed by atoms with Gasteiger partial charge in [0, 0.05) is 12.8 Å². The molecule has 0 saturated carbocycles. The second-order valence-electron chi connectivity index (χ2n) is 8.27. The van der Waals surface area contributed by atoms with Crippen molar-refractivity contribution in [3.63, 3.8) is 0 Å². The highest BCUT2D eigenvalue weighted by atomic mass is 32.2. The topological polar surface area (TPSA) is 237 Å². The van der Waals surface area contributed by atoms with Gasteiger partial charge in [0.15, 0.2) is 0 Å². The molecule has 0 aromatic heterocycles. The van der Waals surface area contributed by atoms with Gasteiger partial charge in [-0.15, -0.1) is 0 Å². The fourth-order valence-corrected chi connectivity index (χ4v) is 3.70. The smallest absolute Gasteiger partial charge is 0.326 e. The molecule has 0 aliphatic heterocycles. The molecular weight excluding hydrogens is 504 g/mol. The molecule has 0 radical (unpaired) electrons. The molecule has 14 heteroatoms. The van der Waals surface area contributed by atoms with Crippen LogP contribution in [0.1, 0.15) is 31.2 Å². The maximum Gasteiger partial charge on any atom is 0.326 e. The van der Waals surface area contributed by atoms with Crippen LogP contribution in [0, 0.1) is 0 Å². The first-order valence-corrected chi connectivity index (χ1v) is 12.8. The zero-order valence-corrected chi connectivity index (χ0v) is 21.3. The molecule has 0 aliphatic carbocycles. The van der Waals surface area contributed by atoms with Crippen LogP contribution >= 0.6 is 11.8 Å². The Morgan fingerprint density at radius 3 is 1.95 bits per heavy atom. The number of carboxylic acids is 1. The summed E-state index contributed by atoms with van der Waals surface area (Å²) < 4.78 is 0. The minimum absolute atomic E-state index is 0.0667. The number of nitrogens with two attached hydrogens (primary N) is 3. The van der Waals surface area contributed by atoms with Crippen molar-refractivity contribution in [2.75, 3.05) is 12.0 Å². The molecule has 37 heavy (non-hydrogen) atoms. The molecule has 4 unspecified atom stereocenters. The second-order valence-corrected chi connectivity index (χ2v) is 9.26. The monoisotopic (exact) mass is 538 g/mol. The van der Waals surface area contributed by atoms with Gasteiger partial charge in [-0.3, -0.25) is 24.0 Å². The van der Waals surface area contributed by atoms with Crippen molar-refractivity contribution in [3.05, 3.63) is 35.9 Å². The van der Waals surface area contributed by atoms with Crippen LogP contribution in [0.4, 0.5) is 0 Å². The number of aliphatic carboxylic acids is 1. The van der Waals surface area contributed by atoms with E-state index in [-0.39, 0.29) is 19.3 Å². The van der Waals surface area contributed by atoms with E-state index in [1.807, 2.05) is 6.26 Å². The van der Waals surface area contributed by atoms with E-state index in [4.69, 9.17) is 17.2 Å². The van der Waals surface area contributed by atoms with Gasteiger partial charge in [-0.2, -0.15) is 11.8 Å². The largest absolute Gasteiger partial charge is 0.480 e. The average molecular weight is 539 g/mol. The summed E-state index contributed by atoms with van der Waals surface area (Å²) in [5, 5.41) is 16.5. The molecular formula is C23H34N6O7S. The average Bonchev–Trinajstić information content (AvgIpc) is 2.83. The van der Waals surface area contributed by atoms with Gasteiger partial charge in [-0.05, 0) is 30.4 Å². The van der Waals surface area contributed by atoms with Gasteiger partial charge < -0.3 is 38.3 Å². The minimum Gasteiger partial charge on any atom is -0.480 e. The molecule has 1 aromatic carbocycles. The molecule has 0 saturated heterocycles. The summed E-state index contributed by atoms with van der Waals surface area (Å²) in [6.07, 6.45) is 1.07. The fraction of sp³-hybridized carbons (Fsp3) is 0.478. The molecule has 204 valence electrons. The molecule has 13 nitrogen and oxygen atoms in total. The van der Waals surface area contributed by atoms with Crippen molar-refractivity contribution in [2.24, 2.45) is 17.2 Å². The number of carbonyl (C=O) groups excluding carboxylic acids is 5. The van der Waals surface area contributed by atoms with E-state index < -0.39 is 66.1 Å². The zero-order chi connectivity index (χ0) is 28.0. The molecule has 0 bridgehead atoms. The van der Waals surface area contributed by atoms with E-state index in [1.54, 1.807) is 30.3 Å². The van der Waals surface area contributed by atoms with Gasteiger partial charge >= 0.3 is 5.97 Å². The Morgan fingerprint density at radius 2 is 1.41 bits per heavy atom. The van der Waals surface area contributed by atoms with Crippen molar-refractivity contribution in [1.29, 1.82) is 0 Å². The number of benzene rings is 1. The van der Waals surface area contributed by atoms with E-state index in [0.29, 0.717) is 17.7 Å². The number of nitrogens with one attached hydrogen (secondary N) is 3. The number of thioether (sulfide) groups is 1. The van der Waals surface area contributed by atoms with Gasteiger partial charge in [0.2, 0.25) is 29.5 Å². The Bertz CT molecular complexity index is 962. The summed E-state index contributed by atoms with van der Waals surface area (Å²) in [7, 11) is 0. The molecule has 0 fully saturated rings. The van der Waals surface area contributed by atoms with Gasteiger partial charge in [-0.1, -0.05) is 30.3 Å². The van der Waals surface area contributed by atoms with E-state index in [0.717, 1.165) is 0 Å². The van der Waals surface area contributed by atoms with Gasteiger partial charge in [0.1, 0.15) is 18.1 Å². The Balaban J connectivity index is 3.12. The van der Waals surface area contributed by atoms with Crippen molar-refractivity contribution >= 4 is 47.3 Å². The van der Waals surface area contributed by atoms with E-state index >= 15 is 0 Å². The van der Waals surface area contributed by atoms with Crippen LogP contribution in [-0.2, 0) is 35.2 Å². The number of carboxylic acid groups (broad SMARTS) is 1. The maximum absolute atomic E-state index is 13.2. The predicted octanol–water partition coefficient (Wildman–Crippen LogP) is -2.01. The molecule has 0 heterocycles. The van der Waals surface area contributed by atoms with Crippen LogP contribution in [0.2, 0.25) is 0 Å². The fourth-order valence-electron chi connectivity index (χ4n) is 3.22. The van der Waals surface area contributed by atoms with Crippen LogP contribution < -0.4 is 33.2 Å². The first-order valence-electron chi connectivity index (χ1n) is 11.4. The number of hydrogen-bond donors (Lipinski definition) is 7. The van der Waals surface area contributed by atoms with Crippen LogP contribution in [0.15, 0.2) is 30.3 Å². The quantitative estimate of drug-likeness (QED) is 0.116. The Labute approximate surface area is 218 Å². The standard InChI is InChI=1S/C23H34N6O7S/c1-37-10-9-14(24)20(32)28-16(11-13-5-3-2-4-6-13)22(34)27-15(7-8-18(25)30)21(33)29-17(23(35)36)12-19(26)31/h2-6,14-17H,7-12,24H2,1H3,(H2,25,30)(H2,26,31)(H,27,34)(H,28,32)(H,29,33)(H,35,36). The normalized spacial score (nSPS) is 13.9. The summed E-state index contributed by atoms with van der Waals surface area (Å²) in [5.74, 6) is -4.89. The maximum atomic E-state index is 13.2. The van der Waals surface area contributed by atoms with Crippen molar-refractivity contribution in [1.82, 2.24) is 16.0 Å². The van der Waals surface area contributed by atoms with Crippen LogP contribution in [-0.4, -0.2) is 76.8 Å². The van der Waals surface area contributed by atoms with Crippen molar-refractivity contribution in [2.45, 2.75) is 56.3 Å². The number of rotatable bonds is 17. The highest BCUT2D eigenvalue weighted by Gasteiger charge is 2.31. The van der Waals surface area contributed by atoms with Crippen molar-refractivity contribution in [3.8, 4) is 0 Å². The van der Waals surface area contributed by atoms with Crippen molar-refractivity contribution < 1.29 is 33.9 Å². The number of hydrogen-bond acceptors (Lipinski definition) is 8. The summed E-state index contributed by atoms with van der Waals surface area (Å²) in [5.41, 5.74) is 16.9. The molecule has 10 N–H and O–H groups in total. The Kier molecular flexibility index (Phi) is 13.7. The van der Waals surface area contributed by atoms with Gasteiger partial charge in [0.05, 0.1) is 12.5 Å². The molecule has 0 spiro atoms. The summed E-state index contributed by atoms with van der Waals surface area (Å²) in [6.45, 7) is 0. The summed E-state index contributed by atoms with van der Waals surface area (Å²) >= 11 is 1.51. The van der Waals surface area contributed by atoms with E-state index in [2.05, 4.69) is 16.0 Å². The van der Waals surface area contributed by atoms with Gasteiger partial charge in [-0.25, -0.2) is 4.79 Å². The lowest BCUT2D eigenvalue weighted by Gasteiger charge is -2.25. The number of primary amides is 2. The predicted molar refractivity (Wildman–Crippen MR) is 137 cm³/mol. The highest BCUT2D eigenvalue weighted by molar-refractivity contribution is 7.98. The second kappa shape index (κ2) is 16.2. The molecule has 4 atom stereocenters. The van der Waals surface area contributed by atoms with Crippen LogP contribution in [0.5, 0.6) is 0 Å². The first-order chi connectivity index (χ1) is 17.4. The highest BCUT2D eigenvalue weighted by Crippen LogP contribution is 2.07. The molecule has 5 amide bonds. The minimum atomic E-state index is -1.65. The summed E-state index contributed by atoms with van der Waals surface area (Å²) in [4.78, 5) is 72.6. The third-order valence-electron chi connectivity index (χ3n) is 5.22. The van der Waals surface area contributed by atoms with E-state index in [1.165, 1.54) is 11.8 Å². The molecule has 0 aliphatic rings. The summed E-state index contributed by atoms with van der Waals surface area (Å²) in [6, 6.07) is 3.75. The SMILES string of the molecule is CSCCC(N)C(=O)NC(Cc1ccccc1)C(=O)NC(CCC(N)=O)C(=O)NC(CC(N)=O)C(=O)O. The molecule has 1 rings (SSSR count). The van der Waals surface area contributed by atoms with Crippen LogP contribution in [0.3, 0.4) is 0 Å². The lowest BCUT2D eigenvalue weighted by atomic mass is 10.0. The zero-order valence-electron chi connectivity index (χ0n) is 20.5. The lowest BCUT2D eigenvalue weighted by Crippen LogP contribution is -2.58. The number of carbonyl (C=O) groups is 6. The van der Waals surface area contributed by atoms with Crippen LogP contribution in [0.25, 0.3) is 0 Å². The lowest BCUT2D eigenvalue weighted by molar-refractivity contribution is -0.144. The Hall–Kier alpha value is -3.65. The third-order valence-corrected chi connectivity index (χ3v) is 5.86. The van der Waals surface area contributed by atoms with Gasteiger partial charge in [0.25, 0.3) is 0 Å². The van der Waals surface area contributed by atoms with E-state index in [9.17, 15) is 33.9 Å². The number of amides is 5. The molecule has 1 aromatic rings. The first kappa shape index (κ1) is 31.4. The third kappa shape index (κ3) is 12.2.